The minimum atomic E-state index is 0.464. The zero-order valence-corrected chi connectivity index (χ0v) is 10.7. The molecule has 0 bridgehead atoms. The molecule has 0 radical (unpaired) electrons. The van der Waals surface area contributed by atoms with E-state index in [1.165, 1.54) is 37.8 Å². The normalized spacial score (nSPS) is 18.2. The topological polar surface area (TPSA) is 21.3 Å². The zero-order valence-electron chi connectivity index (χ0n) is 10.7. The molecule has 1 aromatic carbocycles. The van der Waals surface area contributed by atoms with Gasteiger partial charge in [-0.1, -0.05) is 31.0 Å². The fraction of sp³-hybridized carbons (Fsp3) is 0.600. The Kier molecular flexibility index (Phi) is 4.43. The number of benzene rings is 1. The van der Waals surface area contributed by atoms with E-state index in [9.17, 15) is 0 Å². The predicted octanol–water partition coefficient (Wildman–Crippen LogP) is 3.70. The van der Waals surface area contributed by atoms with Gasteiger partial charge in [0.05, 0.1) is 0 Å². The van der Waals surface area contributed by atoms with Gasteiger partial charge in [0.1, 0.15) is 0 Å². The molecular formula is C15H23NO. The van der Waals surface area contributed by atoms with Crippen molar-refractivity contribution in [1.29, 1.82) is 0 Å². The minimum Gasteiger partial charge on any atom is -0.385 e. The third kappa shape index (κ3) is 3.47. The second-order valence-corrected chi connectivity index (χ2v) is 5.17. The second-order valence-electron chi connectivity index (χ2n) is 5.17. The molecule has 2 nitrogen and oxygen atoms in total. The molecule has 1 N–H and O–H groups in total. The minimum absolute atomic E-state index is 0.464. The maximum atomic E-state index is 5.25. The highest BCUT2D eigenvalue weighted by atomic mass is 16.5. The number of hydrogen-bond acceptors (Lipinski definition) is 2. The molecule has 0 unspecified atom stereocenters. The molecule has 0 heterocycles. The highest BCUT2D eigenvalue weighted by Crippen LogP contribution is 2.41. The van der Waals surface area contributed by atoms with Gasteiger partial charge in [-0.15, -0.1) is 0 Å². The van der Waals surface area contributed by atoms with Crippen molar-refractivity contribution in [1.82, 2.24) is 0 Å². The van der Waals surface area contributed by atoms with Crippen LogP contribution in [0.2, 0.25) is 0 Å². The number of anilines is 1. The number of rotatable bonds is 6. The van der Waals surface area contributed by atoms with Crippen molar-refractivity contribution in [3.63, 3.8) is 0 Å². The third-order valence-corrected chi connectivity index (χ3v) is 3.94. The largest absolute Gasteiger partial charge is 0.385 e. The van der Waals surface area contributed by atoms with Crippen LogP contribution in [0.1, 0.15) is 32.1 Å². The number of ether oxygens (including phenoxy) is 1. The summed E-state index contributed by atoms with van der Waals surface area (Å²) in [4.78, 5) is 0. The number of para-hydroxylation sites is 1. The van der Waals surface area contributed by atoms with Gasteiger partial charge in [-0.25, -0.2) is 0 Å². The highest BCUT2D eigenvalue weighted by molar-refractivity contribution is 5.42. The monoisotopic (exact) mass is 233 g/mol. The number of nitrogens with one attached hydrogen (secondary N) is 1. The molecule has 2 heteroatoms. The first kappa shape index (κ1) is 12.4. The van der Waals surface area contributed by atoms with Gasteiger partial charge in [0.25, 0.3) is 0 Å². The van der Waals surface area contributed by atoms with Gasteiger partial charge >= 0.3 is 0 Å². The maximum Gasteiger partial charge on any atom is 0.0468 e. The summed E-state index contributed by atoms with van der Waals surface area (Å²) in [6, 6.07) is 10.5. The first-order chi connectivity index (χ1) is 8.35. The Morgan fingerprint density at radius 1 is 1.18 bits per heavy atom. The van der Waals surface area contributed by atoms with Crippen molar-refractivity contribution >= 4 is 5.69 Å². The summed E-state index contributed by atoms with van der Waals surface area (Å²) in [7, 11) is 1.80. The van der Waals surface area contributed by atoms with Crippen LogP contribution in [0.25, 0.3) is 0 Å². The summed E-state index contributed by atoms with van der Waals surface area (Å²) >= 11 is 0. The quantitative estimate of drug-likeness (QED) is 0.809. The summed E-state index contributed by atoms with van der Waals surface area (Å²) in [6.45, 7) is 1.97. The van der Waals surface area contributed by atoms with E-state index in [0.29, 0.717) is 5.41 Å². The van der Waals surface area contributed by atoms with Crippen molar-refractivity contribution in [2.75, 3.05) is 25.6 Å². The summed E-state index contributed by atoms with van der Waals surface area (Å²) in [5.41, 5.74) is 1.70. The van der Waals surface area contributed by atoms with Gasteiger partial charge in [0.2, 0.25) is 0 Å². The van der Waals surface area contributed by atoms with E-state index in [1.807, 2.05) is 0 Å². The molecule has 0 saturated heterocycles. The van der Waals surface area contributed by atoms with Crippen LogP contribution in [0.3, 0.4) is 0 Å². The lowest BCUT2D eigenvalue weighted by Gasteiger charge is -2.29. The third-order valence-electron chi connectivity index (χ3n) is 3.94. The van der Waals surface area contributed by atoms with Crippen LogP contribution in [0, 0.1) is 5.41 Å². The Morgan fingerprint density at radius 2 is 1.88 bits per heavy atom. The molecule has 0 aliphatic heterocycles. The lowest BCUT2D eigenvalue weighted by molar-refractivity contribution is 0.143. The zero-order chi connectivity index (χ0) is 12.0. The molecule has 1 saturated carbocycles. The predicted molar refractivity (Wildman–Crippen MR) is 72.3 cm³/mol. The van der Waals surface area contributed by atoms with E-state index >= 15 is 0 Å². The lowest BCUT2D eigenvalue weighted by Crippen LogP contribution is -2.28. The lowest BCUT2D eigenvalue weighted by atomic mass is 9.83. The Hall–Kier alpha value is -1.02. The van der Waals surface area contributed by atoms with E-state index in [1.54, 1.807) is 7.11 Å². The van der Waals surface area contributed by atoms with Crippen LogP contribution in [0.4, 0.5) is 5.69 Å². The van der Waals surface area contributed by atoms with E-state index in [2.05, 4.69) is 35.6 Å². The van der Waals surface area contributed by atoms with Crippen molar-refractivity contribution in [3.8, 4) is 0 Å². The van der Waals surface area contributed by atoms with Crippen LogP contribution in [0.5, 0.6) is 0 Å². The van der Waals surface area contributed by atoms with Crippen molar-refractivity contribution in [2.45, 2.75) is 32.1 Å². The molecule has 1 aromatic rings. The molecule has 2 rings (SSSR count). The summed E-state index contributed by atoms with van der Waals surface area (Å²) in [5, 5.41) is 3.58. The molecule has 1 aliphatic carbocycles. The van der Waals surface area contributed by atoms with Gasteiger partial charge < -0.3 is 10.1 Å². The summed E-state index contributed by atoms with van der Waals surface area (Å²) in [5.74, 6) is 0. The molecule has 0 aromatic heterocycles. The average Bonchev–Trinajstić information content (AvgIpc) is 2.85. The molecular weight excluding hydrogens is 210 g/mol. The van der Waals surface area contributed by atoms with E-state index in [-0.39, 0.29) is 0 Å². The fourth-order valence-electron chi connectivity index (χ4n) is 2.80. The first-order valence-corrected chi connectivity index (χ1v) is 6.63. The fourth-order valence-corrected chi connectivity index (χ4v) is 2.80. The average molecular weight is 233 g/mol. The molecule has 0 amide bonds. The summed E-state index contributed by atoms with van der Waals surface area (Å²) in [6.07, 6.45) is 6.62. The van der Waals surface area contributed by atoms with Crippen molar-refractivity contribution in [2.24, 2.45) is 5.41 Å². The molecule has 0 spiro atoms. The molecule has 1 fully saturated rings. The van der Waals surface area contributed by atoms with Crippen LogP contribution in [-0.2, 0) is 4.74 Å². The molecule has 1 aliphatic rings. The SMILES string of the molecule is COCCC1(CNc2ccccc2)CCCC1. The van der Waals surface area contributed by atoms with Gasteiger partial charge in [0, 0.05) is 25.9 Å². The van der Waals surface area contributed by atoms with Crippen LogP contribution in [-0.4, -0.2) is 20.3 Å². The van der Waals surface area contributed by atoms with Gasteiger partial charge in [-0.2, -0.15) is 0 Å². The molecule has 17 heavy (non-hydrogen) atoms. The van der Waals surface area contributed by atoms with Gasteiger partial charge in [0.15, 0.2) is 0 Å². The molecule has 94 valence electrons. The Balaban J connectivity index is 1.89. The highest BCUT2D eigenvalue weighted by Gasteiger charge is 2.33. The van der Waals surface area contributed by atoms with Crippen LogP contribution in [0.15, 0.2) is 30.3 Å². The Bertz CT molecular complexity index is 317. The van der Waals surface area contributed by atoms with Gasteiger partial charge in [-0.05, 0) is 36.8 Å². The Labute approximate surface area is 104 Å². The van der Waals surface area contributed by atoms with E-state index in [0.717, 1.165) is 13.2 Å². The van der Waals surface area contributed by atoms with Crippen LogP contribution < -0.4 is 5.32 Å². The molecule has 0 atom stereocenters. The van der Waals surface area contributed by atoms with Crippen molar-refractivity contribution in [3.05, 3.63) is 30.3 Å². The maximum absolute atomic E-state index is 5.25. The smallest absolute Gasteiger partial charge is 0.0468 e. The summed E-state index contributed by atoms with van der Waals surface area (Å²) < 4.78 is 5.25. The Morgan fingerprint density at radius 3 is 2.53 bits per heavy atom. The van der Waals surface area contributed by atoms with Crippen molar-refractivity contribution < 1.29 is 4.74 Å². The van der Waals surface area contributed by atoms with E-state index in [4.69, 9.17) is 4.74 Å². The van der Waals surface area contributed by atoms with E-state index < -0.39 is 0 Å². The van der Waals surface area contributed by atoms with Crippen LogP contribution >= 0.6 is 0 Å². The second kappa shape index (κ2) is 6.06. The first-order valence-electron chi connectivity index (χ1n) is 6.63. The number of hydrogen-bond donors (Lipinski definition) is 1. The number of methoxy groups -OCH3 is 1. The van der Waals surface area contributed by atoms with Gasteiger partial charge in [-0.3, -0.25) is 0 Å². The standard InChI is InChI=1S/C15H23NO/c1-17-12-11-15(9-5-6-10-15)13-16-14-7-3-2-4-8-14/h2-4,7-8,16H,5-6,9-13H2,1H3.